The predicted octanol–water partition coefficient (Wildman–Crippen LogP) is 4.30. The molecule has 0 aromatic heterocycles. The molecule has 0 aliphatic heterocycles. The maximum atomic E-state index is 12.2. The Labute approximate surface area is 175 Å². The number of amides is 1. The van der Waals surface area contributed by atoms with Crippen molar-refractivity contribution in [2.24, 2.45) is 5.10 Å². The molecule has 0 atom stereocenters. The Bertz CT molecular complexity index is 843. The summed E-state index contributed by atoms with van der Waals surface area (Å²) in [6.45, 7) is 0. The van der Waals surface area contributed by atoms with E-state index in [0.717, 1.165) is 3.57 Å². The summed E-state index contributed by atoms with van der Waals surface area (Å²) in [4.78, 5) is 12.2. The van der Waals surface area contributed by atoms with Crippen LogP contribution in [0, 0.1) is 3.57 Å². The van der Waals surface area contributed by atoms with Crippen LogP contribution in [-0.4, -0.2) is 31.4 Å². The Balaban J connectivity index is 2.18. The van der Waals surface area contributed by atoms with Gasteiger partial charge in [0.05, 0.1) is 28.5 Å². The summed E-state index contributed by atoms with van der Waals surface area (Å²) in [6, 6.07) is 6.71. The highest BCUT2D eigenvalue weighted by Crippen LogP contribution is 2.41. The average Bonchev–Trinajstić information content (AvgIpc) is 2.61. The van der Waals surface area contributed by atoms with Gasteiger partial charge in [-0.25, -0.2) is 5.43 Å². The van der Waals surface area contributed by atoms with E-state index in [2.05, 4.69) is 65.0 Å². The largest absolute Gasteiger partial charge is 0.503 e. The third kappa shape index (κ3) is 4.64. The lowest BCUT2D eigenvalue weighted by atomic mass is 10.2. The number of rotatable bonds is 5. The second-order valence-corrected chi connectivity index (χ2v) is 7.44. The fourth-order valence-electron chi connectivity index (χ4n) is 1.89. The minimum Gasteiger partial charge on any atom is -0.503 e. The van der Waals surface area contributed by atoms with E-state index in [0.29, 0.717) is 25.8 Å². The topological polar surface area (TPSA) is 80.2 Å². The van der Waals surface area contributed by atoms with Gasteiger partial charge in [0.15, 0.2) is 11.5 Å². The maximum Gasteiger partial charge on any atom is 0.271 e. The zero-order valence-corrected chi connectivity index (χ0v) is 18.5. The first-order valence-corrected chi connectivity index (χ1v) is 9.47. The van der Waals surface area contributed by atoms with E-state index in [1.165, 1.54) is 13.3 Å². The molecule has 0 radical (unpaired) electrons. The van der Waals surface area contributed by atoms with E-state index in [1.807, 2.05) is 0 Å². The Morgan fingerprint density at radius 1 is 1.20 bits per heavy atom. The normalized spacial score (nSPS) is 10.8. The van der Waals surface area contributed by atoms with Crippen LogP contribution in [0.25, 0.3) is 0 Å². The van der Waals surface area contributed by atoms with E-state index in [1.54, 1.807) is 31.4 Å². The number of phenolic OH excluding ortho intramolecular Hbond substituents is 1. The van der Waals surface area contributed by atoms with Crippen LogP contribution < -0.4 is 14.9 Å². The number of nitrogens with one attached hydrogen (secondary N) is 1. The van der Waals surface area contributed by atoms with Crippen molar-refractivity contribution in [1.82, 2.24) is 5.43 Å². The number of methoxy groups -OCH3 is 2. The van der Waals surface area contributed by atoms with Gasteiger partial charge in [-0.2, -0.15) is 5.10 Å². The Hall–Kier alpha value is -1.33. The molecule has 0 bridgehead atoms. The van der Waals surface area contributed by atoms with Crippen LogP contribution in [0.3, 0.4) is 0 Å². The summed E-state index contributed by atoms with van der Waals surface area (Å²) in [5.74, 6) is 0.505. The molecule has 0 heterocycles. The van der Waals surface area contributed by atoms with Crippen molar-refractivity contribution >= 4 is 66.6 Å². The van der Waals surface area contributed by atoms with E-state index in [9.17, 15) is 9.90 Å². The number of hydrazone groups is 1. The van der Waals surface area contributed by atoms with Crippen molar-refractivity contribution in [3.05, 3.63) is 47.9 Å². The second-order valence-electron chi connectivity index (χ2n) is 4.69. The van der Waals surface area contributed by atoms with Crippen molar-refractivity contribution in [2.45, 2.75) is 0 Å². The van der Waals surface area contributed by atoms with Gasteiger partial charge in [0, 0.05) is 15.6 Å². The van der Waals surface area contributed by atoms with Crippen molar-refractivity contribution < 1.29 is 19.4 Å². The molecule has 0 saturated heterocycles. The van der Waals surface area contributed by atoms with Crippen LogP contribution in [-0.2, 0) is 0 Å². The highest BCUT2D eigenvalue weighted by molar-refractivity contribution is 14.1. The van der Waals surface area contributed by atoms with Crippen molar-refractivity contribution in [2.75, 3.05) is 14.2 Å². The van der Waals surface area contributed by atoms with Gasteiger partial charge in [-0.15, -0.1) is 0 Å². The van der Waals surface area contributed by atoms with Gasteiger partial charge in [-0.3, -0.25) is 4.79 Å². The first-order valence-electron chi connectivity index (χ1n) is 6.81. The van der Waals surface area contributed by atoms with Gasteiger partial charge < -0.3 is 14.6 Å². The quantitative estimate of drug-likeness (QED) is 0.313. The zero-order valence-electron chi connectivity index (χ0n) is 13.1. The number of phenols is 1. The number of carbonyl (C=O) groups is 1. The molecular formula is C16H13Br2IN2O4. The SMILES string of the molecule is COc1cc(C(=O)NN=Cc2cc(OC)c(O)c(Br)c2Br)ccc1I. The van der Waals surface area contributed by atoms with Crippen LogP contribution in [0.1, 0.15) is 15.9 Å². The van der Waals surface area contributed by atoms with Crippen LogP contribution >= 0.6 is 54.5 Å². The van der Waals surface area contributed by atoms with Crippen LogP contribution in [0.5, 0.6) is 17.2 Å². The zero-order chi connectivity index (χ0) is 18.6. The molecule has 0 aliphatic carbocycles. The molecule has 2 aromatic carbocycles. The average molecular weight is 584 g/mol. The van der Waals surface area contributed by atoms with E-state index >= 15 is 0 Å². The van der Waals surface area contributed by atoms with Gasteiger partial charge in [0.1, 0.15) is 5.75 Å². The molecule has 0 unspecified atom stereocenters. The molecule has 0 spiro atoms. The monoisotopic (exact) mass is 582 g/mol. The van der Waals surface area contributed by atoms with Crippen LogP contribution in [0.2, 0.25) is 0 Å². The molecule has 9 heteroatoms. The van der Waals surface area contributed by atoms with E-state index in [4.69, 9.17) is 9.47 Å². The molecule has 2 N–H and O–H groups in total. The third-order valence-electron chi connectivity index (χ3n) is 3.18. The van der Waals surface area contributed by atoms with Gasteiger partial charge in [-0.1, -0.05) is 0 Å². The van der Waals surface area contributed by atoms with Gasteiger partial charge >= 0.3 is 0 Å². The minimum absolute atomic E-state index is 0.0263. The number of aromatic hydroxyl groups is 1. The summed E-state index contributed by atoms with van der Waals surface area (Å²) in [5.41, 5.74) is 3.49. The van der Waals surface area contributed by atoms with E-state index in [-0.39, 0.29) is 17.4 Å². The smallest absolute Gasteiger partial charge is 0.271 e. The number of nitrogens with zero attached hydrogens (tertiary/aromatic N) is 1. The highest BCUT2D eigenvalue weighted by Gasteiger charge is 2.14. The summed E-state index contributed by atoms with van der Waals surface area (Å²) < 4.78 is 12.2. The molecular weight excluding hydrogens is 571 g/mol. The molecule has 2 rings (SSSR count). The summed E-state index contributed by atoms with van der Waals surface area (Å²) in [5, 5.41) is 13.9. The number of hydrogen-bond donors (Lipinski definition) is 2. The predicted molar refractivity (Wildman–Crippen MR) is 111 cm³/mol. The molecule has 132 valence electrons. The third-order valence-corrected chi connectivity index (χ3v) is 6.23. The Morgan fingerprint density at radius 3 is 2.52 bits per heavy atom. The van der Waals surface area contributed by atoms with Gasteiger partial charge in [0.2, 0.25) is 0 Å². The molecule has 1 amide bonds. The molecule has 25 heavy (non-hydrogen) atoms. The number of hydrogen-bond acceptors (Lipinski definition) is 5. The Morgan fingerprint density at radius 2 is 1.88 bits per heavy atom. The highest BCUT2D eigenvalue weighted by atomic mass is 127. The Kier molecular flexibility index (Phi) is 7.08. The molecule has 6 nitrogen and oxygen atoms in total. The lowest BCUT2D eigenvalue weighted by Crippen LogP contribution is -2.17. The molecule has 0 fully saturated rings. The first-order chi connectivity index (χ1) is 11.9. The standard InChI is InChI=1S/C16H13Br2IN2O4/c1-24-11-5-8(3-4-10(11)19)16(23)21-20-7-9-6-12(25-2)15(22)14(18)13(9)17/h3-7,22H,1-2H3,(H,21,23). The maximum absolute atomic E-state index is 12.2. The summed E-state index contributed by atoms with van der Waals surface area (Å²) >= 11 is 8.74. The van der Waals surface area contributed by atoms with Crippen molar-refractivity contribution in [3.63, 3.8) is 0 Å². The van der Waals surface area contributed by atoms with E-state index < -0.39 is 0 Å². The first kappa shape index (κ1) is 20.0. The minimum atomic E-state index is -0.369. The molecule has 2 aromatic rings. The fraction of sp³-hybridized carbons (Fsp3) is 0.125. The lowest BCUT2D eigenvalue weighted by molar-refractivity contribution is 0.0954. The van der Waals surface area contributed by atoms with Gasteiger partial charge in [-0.05, 0) is 78.7 Å². The van der Waals surface area contributed by atoms with Crippen molar-refractivity contribution in [3.8, 4) is 17.2 Å². The van der Waals surface area contributed by atoms with Crippen LogP contribution in [0.15, 0.2) is 38.3 Å². The fourth-order valence-corrected chi connectivity index (χ4v) is 3.27. The van der Waals surface area contributed by atoms with Gasteiger partial charge in [0.25, 0.3) is 5.91 Å². The second kappa shape index (κ2) is 8.86. The van der Waals surface area contributed by atoms with Crippen LogP contribution in [0.4, 0.5) is 0 Å². The number of carbonyl (C=O) groups excluding carboxylic acids is 1. The van der Waals surface area contributed by atoms with Crippen molar-refractivity contribution in [1.29, 1.82) is 0 Å². The number of ether oxygens (including phenoxy) is 2. The summed E-state index contributed by atoms with van der Waals surface area (Å²) in [6.07, 6.45) is 1.44. The molecule has 0 aliphatic rings. The lowest BCUT2D eigenvalue weighted by Gasteiger charge is -2.09. The number of halogens is 3. The number of benzene rings is 2. The summed E-state index contributed by atoms with van der Waals surface area (Å²) in [7, 11) is 2.99. The molecule has 0 saturated carbocycles.